The number of hydrogen-bond donors (Lipinski definition) is 4. The minimum absolute atomic E-state index is 0.191. The van der Waals surface area contributed by atoms with Gasteiger partial charge in [0.05, 0.1) is 105 Å². The second-order valence-electron chi connectivity index (χ2n) is 21.6. The first-order valence-electron chi connectivity index (χ1n) is 29.3. The first kappa shape index (κ1) is 73.1. The zero-order valence-electron chi connectivity index (χ0n) is 52.3. The number of thiazole rings is 3. The Kier molecular flexibility index (Phi) is 26.1. The van der Waals surface area contributed by atoms with Gasteiger partial charge in [0.15, 0.2) is 19.2 Å². The number of methoxy groups -OCH3 is 5. The van der Waals surface area contributed by atoms with Crippen molar-refractivity contribution in [3.05, 3.63) is 184 Å². The quantitative estimate of drug-likeness (QED) is 0.0616. The van der Waals surface area contributed by atoms with Crippen LogP contribution in [0.2, 0.25) is 13.4 Å². The van der Waals surface area contributed by atoms with Crippen molar-refractivity contribution < 1.29 is 70.4 Å². The molecule has 0 radical (unpaired) electrons. The molecule has 3 aliphatic rings. The molecule has 508 valence electrons. The van der Waals surface area contributed by atoms with Crippen molar-refractivity contribution in [1.82, 2.24) is 51.1 Å². The van der Waals surface area contributed by atoms with Crippen LogP contribution in [-0.4, -0.2) is 141 Å². The van der Waals surface area contributed by atoms with E-state index in [0.717, 1.165) is 36.8 Å². The van der Waals surface area contributed by atoms with E-state index in [4.69, 9.17) is 53.8 Å². The van der Waals surface area contributed by atoms with Gasteiger partial charge in [-0.15, -0.1) is 34.0 Å². The number of carbonyl (C=O) groups excluding carboxylic acids is 6. The molecule has 3 unspecified atom stereocenters. The summed E-state index contributed by atoms with van der Waals surface area (Å²) in [5.41, 5.74) is 3.48. The number of halogens is 6. The molecule has 3 aromatic carbocycles. The molecular formula is C64H65Cl3F3N11O12S3. The second-order valence-corrected chi connectivity index (χ2v) is 25.9. The van der Waals surface area contributed by atoms with Crippen LogP contribution in [0.15, 0.2) is 120 Å². The molecule has 0 saturated carbocycles. The van der Waals surface area contributed by atoms with Crippen LogP contribution in [0.5, 0.6) is 0 Å². The molecule has 23 nitrogen and oxygen atoms in total. The summed E-state index contributed by atoms with van der Waals surface area (Å²) in [5.74, 6) is -2.81. The summed E-state index contributed by atoms with van der Waals surface area (Å²) in [6.45, 7) is 3.47. The lowest BCUT2D eigenvalue weighted by Gasteiger charge is -2.43. The number of nitrogens with zero attached hydrogens (tertiary/aromatic N) is 7. The SMILES string of the molecule is COC(=O)NC1(c2csc(Cl)n2)CCCN(C(=O)OCc2ccccc2)C1.COC(=O)NC1(c2csc(Cl)n2)CCCN(c2cnc(-c3ccc(F)cc3)cc2C(=O)OC)C1.COC(=O)NC1(c2csc(Cl)n2)CCCNC1.COC(=O)c1cc(-c2ccc(F)cc2)ncc1F. The minimum atomic E-state index is -0.877. The fraction of sp³-hybridized carbons (Fsp3) is 0.328. The Morgan fingerprint density at radius 3 is 1.50 bits per heavy atom. The highest BCUT2D eigenvalue weighted by Gasteiger charge is 2.44. The molecule has 11 rings (SSSR count). The third kappa shape index (κ3) is 19.1. The predicted molar refractivity (Wildman–Crippen MR) is 356 cm³/mol. The molecule has 4 N–H and O–H groups in total. The molecule has 5 aromatic heterocycles. The lowest BCUT2D eigenvalue weighted by atomic mass is 9.86. The van der Waals surface area contributed by atoms with E-state index in [1.807, 2.05) is 40.6 Å². The Hall–Kier alpha value is -8.71. The number of hydrogen-bond acceptors (Lipinski definition) is 22. The summed E-state index contributed by atoms with van der Waals surface area (Å²) in [4.78, 5) is 97.1. The average Bonchev–Trinajstić information content (AvgIpc) is 1.31. The van der Waals surface area contributed by atoms with E-state index >= 15 is 0 Å². The van der Waals surface area contributed by atoms with Gasteiger partial charge in [0, 0.05) is 53.4 Å². The molecule has 8 aromatic rings. The van der Waals surface area contributed by atoms with Gasteiger partial charge >= 0.3 is 36.3 Å². The normalized spacial score (nSPS) is 18.0. The first-order valence-corrected chi connectivity index (χ1v) is 33.1. The van der Waals surface area contributed by atoms with E-state index in [1.165, 1.54) is 112 Å². The molecule has 3 saturated heterocycles. The molecule has 3 fully saturated rings. The number of piperidine rings is 3. The molecular weight excluding hydrogens is 1370 g/mol. The number of nitrogens with one attached hydrogen (secondary N) is 4. The number of alkyl carbamates (subject to hydrolysis) is 3. The van der Waals surface area contributed by atoms with E-state index in [1.54, 1.807) is 40.1 Å². The fourth-order valence-electron chi connectivity index (χ4n) is 10.7. The van der Waals surface area contributed by atoms with Crippen molar-refractivity contribution >= 4 is 111 Å². The standard InChI is InChI=1S/C23H22ClFN4O4S.C18H20ClN3O4S.C13H9F2NO2.C10H14ClN3O2S/c1-32-20(30)16-10-17(14-4-6-15(25)7-5-14)26-11-18(16)29-9-3-8-23(13-29,28-22(31)33-2)19-12-34-21(24)27-19;1-25-16(23)21-18(14-11-27-15(19)20-14)8-5-9-22(12-18)17(24)26-10-13-6-3-2-4-7-13;1-18-13(17)10-6-12(16-7-11(10)15)8-2-4-9(14)5-3-8;1-16-9(15)14-10(3-2-4-12-6-10)7-5-17-8(11)13-7/h4-7,10-12H,3,8-9,13H2,1-2H3,(H,28,31);2-4,6-7,11H,5,8-10,12H2,1H3,(H,21,23);2-7H,1H3;5,12H,2-4,6H2,1H3,(H,14,15). The number of anilines is 1. The van der Waals surface area contributed by atoms with Crippen molar-refractivity contribution in [3.8, 4) is 22.5 Å². The number of aromatic nitrogens is 5. The van der Waals surface area contributed by atoms with Crippen LogP contribution in [0.4, 0.5) is 38.0 Å². The summed E-state index contributed by atoms with van der Waals surface area (Å²) in [6, 6.07) is 23.7. The van der Waals surface area contributed by atoms with Crippen molar-refractivity contribution in [2.45, 2.75) is 61.7 Å². The number of amides is 4. The van der Waals surface area contributed by atoms with Crippen molar-refractivity contribution in [2.24, 2.45) is 0 Å². The van der Waals surface area contributed by atoms with Gasteiger partial charge in [-0.25, -0.2) is 56.9 Å². The topological polar surface area (TPSA) is 277 Å². The fourth-order valence-corrected chi connectivity index (χ4v) is 13.3. The number of carbonyl (C=O) groups is 6. The number of ether oxygens (including phenoxy) is 6. The van der Waals surface area contributed by atoms with Crippen LogP contribution in [0, 0.1) is 17.5 Å². The number of esters is 2. The van der Waals surface area contributed by atoms with Crippen LogP contribution in [0.25, 0.3) is 22.5 Å². The molecule has 96 heavy (non-hydrogen) atoms. The minimum Gasteiger partial charge on any atom is -0.465 e. The summed E-state index contributed by atoms with van der Waals surface area (Å²) in [5, 5.41) is 17.4. The predicted octanol–water partition coefficient (Wildman–Crippen LogP) is 13.0. The Morgan fingerprint density at radius 2 is 1.02 bits per heavy atom. The van der Waals surface area contributed by atoms with Gasteiger partial charge < -0.3 is 59.5 Å². The summed E-state index contributed by atoms with van der Waals surface area (Å²) >= 11 is 21.8. The monoisotopic (exact) mass is 1440 g/mol. The number of benzene rings is 3. The molecule has 0 bridgehead atoms. The largest absolute Gasteiger partial charge is 0.465 e. The molecule has 3 aliphatic heterocycles. The number of rotatable bonds is 13. The van der Waals surface area contributed by atoms with E-state index in [0.29, 0.717) is 110 Å². The summed E-state index contributed by atoms with van der Waals surface area (Å²) < 4.78 is 69.9. The van der Waals surface area contributed by atoms with Crippen LogP contribution >= 0.6 is 68.8 Å². The van der Waals surface area contributed by atoms with Gasteiger partial charge in [-0.3, -0.25) is 9.97 Å². The number of pyridine rings is 2. The molecule has 4 amide bonds. The van der Waals surface area contributed by atoms with Crippen LogP contribution < -0.4 is 26.2 Å². The summed E-state index contributed by atoms with van der Waals surface area (Å²) in [7, 11) is 6.42. The van der Waals surface area contributed by atoms with Gasteiger partial charge in [0.2, 0.25) is 0 Å². The Balaban J connectivity index is 0.000000170. The molecule has 0 spiro atoms. The smallest absolute Gasteiger partial charge is 0.410 e. The number of likely N-dealkylation sites (tertiary alicyclic amines) is 1. The Bertz CT molecular complexity index is 3970. The van der Waals surface area contributed by atoms with E-state index in [-0.39, 0.29) is 30.3 Å². The maximum atomic E-state index is 13.4. The molecule has 3 atom stereocenters. The third-order valence-corrected chi connectivity index (χ3v) is 18.4. The lowest BCUT2D eigenvalue weighted by molar-refractivity contribution is 0.0588. The summed E-state index contributed by atoms with van der Waals surface area (Å²) in [6.07, 6.45) is 4.86. The van der Waals surface area contributed by atoms with Crippen molar-refractivity contribution in [2.75, 3.05) is 79.7 Å². The van der Waals surface area contributed by atoms with E-state index in [2.05, 4.69) is 55.7 Å². The Morgan fingerprint density at radius 1 is 0.562 bits per heavy atom. The van der Waals surface area contributed by atoms with Gasteiger partial charge in [-0.1, -0.05) is 65.1 Å². The van der Waals surface area contributed by atoms with Gasteiger partial charge in [0.1, 0.15) is 29.3 Å². The zero-order chi connectivity index (χ0) is 69.0. The maximum absolute atomic E-state index is 13.4. The van der Waals surface area contributed by atoms with Gasteiger partial charge in [-0.05, 0) is 111 Å². The average molecular weight is 1440 g/mol. The first-order chi connectivity index (χ1) is 46.1. The third-order valence-electron chi connectivity index (χ3n) is 15.5. The Labute approximate surface area is 576 Å². The van der Waals surface area contributed by atoms with Crippen molar-refractivity contribution in [3.63, 3.8) is 0 Å². The van der Waals surface area contributed by atoms with Gasteiger partial charge in [-0.2, -0.15) is 0 Å². The maximum Gasteiger partial charge on any atom is 0.410 e. The van der Waals surface area contributed by atoms with E-state index < -0.39 is 58.7 Å². The second kappa shape index (κ2) is 34.3. The van der Waals surface area contributed by atoms with E-state index in [9.17, 15) is 41.9 Å². The zero-order valence-corrected chi connectivity index (χ0v) is 57.0. The molecule has 8 heterocycles. The highest BCUT2D eigenvalue weighted by atomic mass is 35.5. The van der Waals surface area contributed by atoms with Crippen LogP contribution in [0.3, 0.4) is 0 Å². The lowest BCUT2D eigenvalue weighted by Crippen LogP contribution is -2.57. The van der Waals surface area contributed by atoms with Crippen LogP contribution in [-0.2, 0) is 51.6 Å². The highest BCUT2D eigenvalue weighted by molar-refractivity contribution is 7.14. The van der Waals surface area contributed by atoms with Crippen LogP contribution in [0.1, 0.15) is 81.9 Å². The molecule has 0 aliphatic carbocycles. The van der Waals surface area contributed by atoms with Gasteiger partial charge in [0.25, 0.3) is 0 Å². The van der Waals surface area contributed by atoms with Crippen molar-refractivity contribution in [1.29, 1.82) is 0 Å². The molecule has 32 heteroatoms. The highest BCUT2D eigenvalue weighted by Crippen LogP contribution is 2.39.